The third-order valence-corrected chi connectivity index (χ3v) is 7.13. The minimum Gasteiger partial charge on any atom is -0.390 e. The zero-order valence-electron chi connectivity index (χ0n) is 27.4. The number of rotatable bonds is 17. The number of hydrogen-bond donors (Lipinski definition) is 3. The number of hydrogen-bond acceptors (Lipinski definition) is 5. The Morgan fingerprint density at radius 1 is 0.889 bits per heavy atom. The number of aliphatic hydroxyl groups is 1. The first-order chi connectivity index (χ1) is 21.4. The van der Waals surface area contributed by atoms with Gasteiger partial charge in [-0.15, -0.1) is 5.92 Å². The number of nitrogens with zero attached hydrogens (tertiary/aromatic N) is 2. The summed E-state index contributed by atoms with van der Waals surface area (Å²) >= 11 is 0. The van der Waals surface area contributed by atoms with Gasteiger partial charge in [-0.2, -0.15) is 0 Å². The van der Waals surface area contributed by atoms with Gasteiger partial charge in [0.2, 0.25) is 5.91 Å². The van der Waals surface area contributed by atoms with Gasteiger partial charge in [-0.3, -0.25) is 19.8 Å². The summed E-state index contributed by atoms with van der Waals surface area (Å²) in [4.78, 5) is 41.4. The van der Waals surface area contributed by atoms with Gasteiger partial charge < -0.3 is 15.3 Å². The molecule has 0 aromatic heterocycles. The van der Waals surface area contributed by atoms with Gasteiger partial charge in [-0.25, -0.2) is 13.8 Å². The molecule has 0 saturated carbocycles. The molecule has 2 aromatic carbocycles. The third kappa shape index (κ3) is 12.2. The van der Waals surface area contributed by atoms with E-state index >= 15 is 0 Å². The van der Waals surface area contributed by atoms with E-state index in [-0.39, 0.29) is 41.8 Å². The second-order valence-electron chi connectivity index (χ2n) is 11.5. The fourth-order valence-corrected chi connectivity index (χ4v) is 4.83. The van der Waals surface area contributed by atoms with Crippen LogP contribution in [-0.2, 0) is 11.2 Å². The summed E-state index contributed by atoms with van der Waals surface area (Å²) in [5, 5.41) is 15.9. The van der Waals surface area contributed by atoms with Crippen molar-refractivity contribution in [3.8, 4) is 11.8 Å². The second-order valence-corrected chi connectivity index (χ2v) is 11.5. The van der Waals surface area contributed by atoms with Crippen LogP contribution in [-0.4, -0.2) is 71.1 Å². The van der Waals surface area contributed by atoms with Gasteiger partial charge in [0.15, 0.2) is 0 Å². The number of benzene rings is 2. The number of nitrogens with one attached hydrogen (secondary N) is 2. The topological polar surface area (TPSA) is 102 Å². The third-order valence-electron chi connectivity index (χ3n) is 7.13. The number of halogens is 2. The number of carbonyl (C=O) groups excluding carboxylic acids is 3. The molecule has 45 heavy (non-hydrogen) atoms. The van der Waals surface area contributed by atoms with E-state index in [0.29, 0.717) is 30.8 Å². The maximum atomic E-state index is 14.1. The van der Waals surface area contributed by atoms with Gasteiger partial charge in [0.05, 0.1) is 12.1 Å². The average Bonchev–Trinajstić information content (AvgIpc) is 2.98. The zero-order chi connectivity index (χ0) is 33.5. The van der Waals surface area contributed by atoms with E-state index in [1.807, 2.05) is 20.8 Å². The minimum absolute atomic E-state index is 0.0463. The second kappa shape index (κ2) is 18.9. The van der Waals surface area contributed by atoms with E-state index in [1.54, 1.807) is 42.8 Å². The van der Waals surface area contributed by atoms with Crippen molar-refractivity contribution in [1.29, 1.82) is 0 Å². The van der Waals surface area contributed by atoms with Gasteiger partial charge in [0, 0.05) is 54.9 Å². The van der Waals surface area contributed by atoms with Crippen molar-refractivity contribution in [1.82, 2.24) is 20.7 Å². The summed E-state index contributed by atoms with van der Waals surface area (Å²) in [6, 6.07) is 6.76. The summed E-state index contributed by atoms with van der Waals surface area (Å²) in [6.45, 7) is 12.7. The molecule has 3 N–H and O–H groups in total. The Morgan fingerprint density at radius 2 is 1.51 bits per heavy atom. The molecule has 0 saturated heterocycles. The molecule has 2 unspecified atom stereocenters. The van der Waals surface area contributed by atoms with Gasteiger partial charge in [-0.05, 0) is 68.5 Å². The van der Waals surface area contributed by atoms with Crippen LogP contribution in [0, 0.1) is 29.4 Å². The SMILES string of the molecule is CC#Cc1cc(C(=O)NC(Cc2cc(F)cc(F)c2)C(O)CN(CCCC)NC(=O)C(C)C)cc(C(=O)N(CCC)CCC)c1. The first kappa shape index (κ1) is 37.4. The monoisotopic (exact) mass is 626 g/mol. The largest absolute Gasteiger partial charge is 0.390 e. The lowest BCUT2D eigenvalue weighted by Gasteiger charge is -2.31. The summed E-state index contributed by atoms with van der Waals surface area (Å²) < 4.78 is 28.2. The van der Waals surface area contributed by atoms with Gasteiger partial charge >= 0.3 is 0 Å². The van der Waals surface area contributed by atoms with Gasteiger partial charge in [0.25, 0.3) is 11.8 Å². The van der Waals surface area contributed by atoms with Crippen LogP contribution in [0.5, 0.6) is 0 Å². The van der Waals surface area contributed by atoms with E-state index in [0.717, 1.165) is 43.9 Å². The Kier molecular flexibility index (Phi) is 15.7. The highest BCUT2D eigenvalue weighted by atomic mass is 19.1. The quantitative estimate of drug-likeness (QED) is 0.168. The predicted molar refractivity (Wildman–Crippen MR) is 172 cm³/mol. The molecule has 0 aliphatic rings. The van der Waals surface area contributed by atoms with Crippen molar-refractivity contribution >= 4 is 17.7 Å². The molecule has 0 spiro atoms. The van der Waals surface area contributed by atoms with Crippen molar-refractivity contribution in [2.75, 3.05) is 26.2 Å². The first-order valence-corrected chi connectivity index (χ1v) is 15.8. The lowest BCUT2D eigenvalue weighted by atomic mass is 9.99. The minimum atomic E-state index is -1.24. The Labute approximate surface area is 266 Å². The highest BCUT2D eigenvalue weighted by molar-refractivity contribution is 6.00. The normalized spacial score (nSPS) is 12.3. The molecular weight excluding hydrogens is 578 g/mol. The van der Waals surface area contributed by atoms with Crippen molar-refractivity contribution in [2.45, 2.75) is 85.8 Å². The lowest BCUT2D eigenvalue weighted by molar-refractivity contribution is -0.129. The summed E-state index contributed by atoms with van der Waals surface area (Å²) in [5.74, 6) is 2.84. The van der Waals surface area contributed by atoms with Crippen LogP contribution in [0.1, 0.15) is 99.1 Å². The molecule has 3 amide bonds. The van der Waals surface area contributed by atoms with E-state index in [9.17, 15) is 28.3 Å². The fourth-order valence-electron chi connectivity index (χ4n) is 4.83. The van der Waals surface area contributed by atoms with Crippen molar-refractivity contribution in [2.24, 2.45) is 5.92 Å². The Balaban J connectivity index is 2.47. The van der Waals surface area contributed by atoms with E-state index in [4.69, 9.17) is 0 Å². The predicted octanol–water partition coefficient (Wildman–Crippen LogP) is 5.09. The van der Waals surface area contributed by atoms with Gasteiger partial charge in [0.1, 0.15) is 11.6 Å². The summed E-state index contributed by atoms with van der Waals surface area (Å²) in [7, 11) is 0. The summed E-state index contributed by atoms with van der Waals surface area (Å²) in [6.07, 6.45) is 1.81. The highest BCUT2D eigenvalue weighted by Crippen LogP contribution is 2.17. The van der Waals surface area contributed by atoms with Gasteiger partial charge in [-0.1, -0.05) is 47.0 Å². The van der Waals surface area contributed by atoms with Crippen LogP contribution in [0.15, 0.2) is 36.4 Å². The van der Waals surface area contributed by atoms with Crippen LogP contribution in [0.3, 0.4) is 0 Å². The molecular formula is C35H48F2N4O4. The molecule has 0 fully saturated rings. The number of amides is 3. The molecule has 0 aliphatic carbocycles. The maximum Gasteiger partial charge on any atom is 0.253 e. The lowest BCUT2D eigenvalue weighted by Crippen LogP contribution is -2.54. The molecule has 246 valence electrons. The molecule has 2 aromatic rings. The highest BCUT2D eigenvalue weighted by Gasteiger charge is 2.27. The number of hydrazine groups is 1. The number of aliphatic hydroxyl groups excluding tert-OH is 1. The van der Waals surface area contributed by atoms with Crippen LogP contribution >= 0.6 is 0 Å². The van der Waals surface area contributed by atoms with E-state index < -0.39 is 29.7 Å². The molecule has 0 bridgehead atoms. The van der Waals surface area contributed by atoms with Crippen molar-refractivity contribution in [3.63, 3.8) is 0 Å². The molecule has 8 nitrogen and oxygen atoms in total. The van der Waals surface area contributed by atoms with Crippen LogP contribution in [0.2, 0.25) is 0 Å². The Morgan fingerprint density at radius 3 is 2.07 bits per heavy atom. The maximum absolute atomic E-state index is 14.1. The van der Waals surface area contributed by atoms with Crippen molar-refractivity contribution < 1.29 is 28.3 Å². The van der Waals surface area contributed by atoms with E-state index in [1.165, 1.54) is 6.07 Å². The van der Waals surface area contributed by atoms with Crippen molar-refractivity contribution in [3.05, 3.63) is 70.3 Å². The molecule has 10 heteroatoms. The standard InChI is InChI=1S/C35H48F2N4O4/c1-7-11-15-41(39-33(43)24(5)6)23-32(42)31(20-26-18-29(36)22-30(37)19-26)38-34(44)27-16-25(12-8-2)17-28(21-27)35(45)40(13-9-3)14-10-4/h16-19,21-22,24,31-32,42H,7,9-11,13-15,20,23H2,1-6H3,(H,38,44)(H,39,43). The van der Waals surface area contributed by atoms with E-state index in [2.05, 4.69) is 22.6 Å². The molecule has 2 atom stereocenters. The average molecular weight is 627 g/mol. The zero-order valence-corrected chi connectivity index (χ0v) is 27.4. The fraction of sp³-hybridized carbons (Fsp3) is 0.514. The smallest absolute Gasteiger partial charge is 0.253 e. The number of carbonyl (C=O) groups is 3. The molecule has 0 radical (unpaired) electrons. The van der Waals surface area contributed by atoms with Crippen LogP contribution in [0.25, 0.3) is 0 Å². The molecule has 0 aliphatic heterocycles. The first-order valence-electron chi connectivity index (χ1n) is 15.8. The molecule has 2 rings (SSSR count). The Bertz CT molecular complexity index is 1330. The van der Waals surface area contributed by atoms with Crippen LogP contribution in [0.4, 0.5) is 8.78 Å². The van der Waals surface area contributed by atoms with Crippen LogP contribution < -0.4 is 10.7 Å². The molecule has 0 heterocycles. The summed E-state index contributed by atoms with van der Waals surface area (Å²) in [5.41, 5.74) is 4.01. The number of unbranched alkanes of at least 4 members (excludes halogenated alkanes) is 1. The Hall–Kier alpha value is -3.81.